The molecule has 0 aliphatic heterocycles. The molecule has 2 atom stereocenters. The molecule has 1 aliphatic carbocycles. The standard InChI is InChI=1S/C14H17N3O/c1-3-12(15-2)14-17-16-13(18-14)11-8-9-6-4-5-7-10(9)11/h4-7,11-12,15H,3,8H2,1-2H3. The first-order chi connectivity index (χ1) is 8.83. The minimum atomic E-state index is 0.154. The van der Waals surface area contributed by atoms with Gasteiger partial charge in [0.2, 0.25) is 11.8 Å². The van der Waals surface area contributed by atoms with Crippen molar-refractivity contribution in [3.05, 3.63) is 47.2 Å². The van der Waals surface area contributed by atoms with Crippen molar-refractivity contribution in [3.63, 3.8) is 0 Å². The van der Waals surface area contributed by atoms with Crippen molar-refractivity contribution in [1.29, 1.82) is 0 Å². The molecule has 1 N–H and O–H groups in total. The van der Waals surface area contributed by atoms with Gasteiger partial charge in [0, 0.05) is 0 Å². The minimum Gasteiger partial charge on any atom is -0.423 e. The molecule has 1 heterocycles. The highest BCUT2D eigenvalue weighted by molar-refractivity contribution is 5.43. The number of hydrogen-bond acceptors (Lipinski definition) is 4. The van der Waals surface area contributed by atoms with E-state index in [0.717, 1.165) is 18.7 Å². The van der Waals surface area contributed by atoms with E-state index in [4.69, 9.17) is 4.42 Å². The Morgan fingerprint density at radius 3 is 2.94 bits per heavy atom. The summed E-state index contributed by atoms with van der Waals surface area (Å²) in [5.41, 5.74) is 2.72. The Bertz CT molecular complexity index is 545. The fourth-order valence-corrected chi connectivity index (χ4v) is 2.51. The van der Waals surface area contributed by atoms with Crippen LogP contribution < -0.4 is 5.32 Å². The molecule has 18 heavy (non-hydrogen) atoms. The van der Waals surface area contributed by atoms with E-state index in [2.05, 4.69) is 46.7 Å². The summed E-state index contributed by atoms with van der Waals surface area (Å²) < 4.78 is 5.80. The maximum Gasteiger partial charge on any atom is 0.233 e. The lowest BCUT2D eigenvalue weighted by molar-refractivity contribution is 0.370. The van der Waals surface area contributed by atoms with Gasteiger partial charge in [-0.2, -0.15) is 0 Å². The zero-order valence-corrected chi connectivity index (χ0v) is 10.7. The Kier molecular flexibility index (Phi) is 2.88. The SMILES string of the molecule is CCC(NC)c1nnc(C2Cc3ccccc32)o1. The van der Waals surface area contributed by atoms with Crippen LogP contribution in [0, 0.1) is 0 Å². The van der Waals surface area contributed by atoms with Gasteiger partial charge < -0.3 is 9.73 Å². The van der Waals surface area contributed by atoms with Crippen LogP contribution in [0.15, 0.2) is 28.7 Å². The largest absolute Gasteiger partial charge is 0.423 e. The van der Waals surface area contributed by atoms with Crippen molar-refractivity contribution in [3.8, 4) is 0 Å². The molecule has 0 bridgehead atoms. The Morgan fingerprint density at radius 2 is 2.22 bits per heavy atom. The second-order valence-electron chi connectivity index (χ2n) is 4.68. The average molecular weight is 243 g/mol. The summed E-state index contributed by atoms with van der Waals surface area (Å²) in [5.74, 6) is 1.73. The molecule has 1 aromatic heterocycles. The van der Waals surface area contributed by atoms with Crippen LogP contribution in [0.3, 0.4) is 0 Å². The first-order valence-corrected chi connectivity index (χ1v) is 6.41. The van der Waals surface area contributed by atoms with E-state index in [9.17, 15) is 0 Å². The van der Waals surface area contributed by atoms with E-state index < -0.39 is 0 Å². The monoisotopic (exact) mass is 243 g/mol. The van der Waals surface area contributed by atoms with Gasteiger partial charge in [-0.15, -0.1) is 10.2 Å². The summed E-state index contributed by atoms with van der Waals surface area (Å²) in [7, 11) is 1.91. The first kappa shape index (κ1) is 11.4. The van der Waals surface area contributed by atoms with Crippen molar-refractivity contribution in [2.45, 2.75) is 31.7 Å². The van der Waals surface area contributed by atoms with Gasteiger partial charge in [-0.1, -0.05) is 31.2 Å². The Hall–Kier alpha value is -1.68. The Morgan fingerprint density at radius 1 is 1.39 bits per heavy atom. The van der Waals surface area contributed by atoms with Crippen LogP contribution >= 0.6 is 0 Å². The van der Waals surface area contributed by atoms with Crippen LogP contribution in [0.4, 0.5) is 0 Å². The summed E-state index contributed by atoms with van der Waals surface area (Å²) in [6, 6.07) is 8.59. The predicted octanol–water partition coefficient (Wildman–Crippen LogP) is 2.43. The second kappa shape index (κ2) is 4.53. The summed E-state index contributed by atoms with van der Waals surface area (Å²) >= 11 is 0. The lowest BCUT2D eigenvalue weighted by Crippen LogP contribution is -2.18. The number of benzene rings is 1. The number of fused-ring (bicyclic) bond motifs is 1. The Balaban J connectivity index is 1.84. The highest BCUT2D eigenvalue weighted by Crippen LogP contribution is 2.39. The summed E-state index contributed by atoms with van der Waals surface area (Å²) in [5, 5.41) is 11.5. The molecule has 2 aromatic rings. The van der Waals surface area contributed by atoms with E-state index in [1.807, 2.05) is 7.05 Å². The van der Waals surface area contributed by atoms with Gasteiger partial charge in [0.05, 0.1) is 12.0 Å². The van der Waals surface area contributed by atoms with Gasteiger partial charge in [0.25, 0.3) is 0 Å². The summed E-state index contributed by atoms with van der Waals surface area (Å²) in [6.07, 6.45) is 1.95. The zero-order chi connectivity index (χ0) is 12.5. The van der Waals surface area contributed by atoms with E-state index in [1.54, 1.807) is 0 Å². The van der Waals surface area contributed by atoms with Gasteiger partial charge in [0.1, 0.15) is 0 Å². The molecule has 0 amide bonds. The molecule has 0 radical (unpaired) electrons. The molecule has 4 heteroatoms. The highest BCUT2D eigenvalue weighted by atomic mass is 16.4. The molecule has 0 spiro atoms. The van der Waals surface area contributed by atoms with Gasteiger partial charge in [-0.25, -0.2) is 0 Å². The fourth-order valence-electron chi connectivity index (χ4n) is 2.51. The molecule has 1 aromatic carbocycles. The minimum absolute atomic E-state index is 0.154. The molecule has 0 saturated heterocycles. The van der Waals surface area contributed by atoms with Crippen molar-refractivity contribution < 1.29 is 4.42 Å². The van der Waals surface area contributed by atoms with E-state index >= 15 is 0 Å². The van der Waals surface area contributed by atoms with Crippen LogP contribution in [-0.4, -0.2) is 17.2 Å². The molecular weight excluding hydrogens is 226 g/mol. The number of aromatic nitrogens is 2. The second-order valence-corrected chi connectivity index (χ2v) is 4.68. The van der Waals surface area contributed by atoms with Crippen LogP contribution in [0.2, 0.25) is 0 Å². The van der Waals surface area contributed by atoms with E-state index in [-0.39, 0.29) is 12.0 Å². The normalized spacial score (nSPS) is 19.1. The number of nitrogens with zero attached hydrogens (tertiary/aromatic N) is 2. The van der Waals surface area contributed by atoms with Crippen molar-refractivity contribution in [1.82, 2.24) is 15.5 Å². The van der Waals surface area contributed by atoms with Gasteiger partial charge in [-0.3, -0.25) is 0 Å². The first-order valence-electron chi connectivity index (χ1n) is 6.41. The number of nitrogens with one attached hydrogen (secondary N) is 1. The molecule has 0 saturated carbocycles. The lowest BCUT2D eigenvalue weighted by atomic mass is 9.77. The third-order valence-electron chi connectivity index (χ3n) is 3.66. The third-order valence-corrected chi connectivity index (χ3v) is 3.66. The van der Waals surface area contributed by atoms with Gasteiger partial charge >= 0.3 is 0 Å². The van der Waals surface area contributed by atoms with Gasteiger partial charge in [-0.05, 0) is 31.0 Å². The fraction of sp³-hybridized carbons (Fsp3) is 0.429. The number of hydrogen-bond donors (Lipinski definition) is 1. The number of rotatable bonds is 4. The van der Waals surface area contributed by atoms with Crippen molar-refractivity contribution in [2.75, 3.05) is 7.05 Å². The topological polar surface area (TPSA) is 51.0 Å². The predicted molar refractivity (Wildman–Crippen MR) is 68.4 cm³/mol. The molecule has 94 valence electrons. The van der Waals surface area contributed by atoms with E-state index in [0.29, 0.717) is 5.89 Å². The lowest BCUT2D eigenvalue weighted by Gasteiger charge is -2.26. The van der Waals surface area contributed by atoms with Crippen LogP contribution in [0.5, 0.6) is 0 Å². The quantitative estimate of drug-likeness (QED) is 0.896. The maximum atomic E-state index is 5.80. The van der Waals surface area contributed by atoms with Crippen molar-refractivity contribution >= 4 is 0 Å². The molecule has 2 unspecified atom stereocenters. The molecule has 3 rings (SSSR count). The molecule has 0 fully saturated rings. The average Bonchev–Trinajstić information content (AvgIpc) is 2.82. The molecular formula is C14H17N3O. The van der Waals surface area contributed by atoms with Crippen LogP contribution in [0.1, 0.15) is 48.2 Å². The summed E-state index contributed by atoms with van der Waals surface area (Å²) in [4.78, 5) is 0. The highest BCUT2D eigenvalue weighted by Gasteiger charge is 2.32. The maximum absolute atomic E-state index is 5.80. The third kappa shape index (κ3) is 1.73. The molecule has 4 nitrogen and oxygen atoms in total. The van der Waals surface area contributed by atoms with Crippen LogP contribution in [0.25, 0.3) is 0 Å². The van der Waals surface area contributed by atoms with Crippen LogP contribution in [-0.2, 0) is 6.42 Å². The van der Waals surface area contributed by atoms with Gasteiger partial charge in [0.15, 0.2) is 0 Å². The van der Waals surface area contributed by atoms with E-state index in [1.165, 1.54) is 11.1 Å². The Labute approximate surface area is 106 Å². The zero-order valence-electron chi connectivity index (χ0n) is 10.7. The van der Waals surface area contributed by atoms with Crippen molar-refractivity contribution in [2.24, 2.45) is 0 Å². The summed E-state index contributed by atoms with van der Waals surface area (Å²) in [6.45, 7) is 2.10. The smallest absolute Gasteiger partial charge is 0.233 e. The molecule has 1 aliphatic rings.